The van der Waals surface area contributed by atoms with Crippen molar-refractivity contribution in [2.45, 2.75) is 145 Å². The van der Waals surface area contributed by atoms with Gasteiger partial charge in [0.15, 0.2) is 5.01 Å². The Morgan fingerprint density at radius 2 is 1.64 bits per heavy atom. The van der Waals surface area contributed by atoms with Crippen molar-refractivity contribution in [3.8, 4) is 11.8 Å². The van der Waals surface area contributed by atoms with E-state index in [2.05, 4.69) is 43.4 Å². The second-order valence-corrected chi connectivity index (χ2v) is 24.0. The minimum absolute atomic E-state index is 0.0142. The minimum Gasteiger partial charge on any atom is -0.370 e. The van der Waals surface area contributed by atoms with Crippen molar-refractivity contribution in [1.82, 2.24) is 46.3 Å². The topological polar surface area (TPSA) is 320 Å². The average molecular weight is 1190 g/mol. The first-order valence-electron chi connectivity index (χ1n) is 27.7. The molecule has 0 saturated carbocycles. The molecule has 26 heteroatoms. The van der Waals surface area contributed by atoms with Gasteiger partial charge in [0.05, 0.1) is 10.2 Å². The fourth-order valence-corrected chi connectivity index (χ4v) is 12.2. The number of hydrogen-bond acceptors (Lipinski definition) is 13. The summed E-state index contributed by atoms with van der Waals surface area (Å²) in [5, 5.41) is 13.2. The Labute approximate surface area is 481 Å². The Bertz CT molecular complexity index is 3260. The number of piperidine rings is 1. The number of nitrogens with one attached hydrogen (secondary N) is 5. The summed E-state index contributed by atoms with van der Waals surface area (Å²) in [6, 6.07) is 10.6. The van der Waals surface area contributed by atoms with Crippen LogP contribution in [-0.4, -0.2) is 140 Å². The first-order chi connectivity index (χ1) is 39.6. The number of nitrogens with two attached hydrogens (primary N) is 1. The highest BCUT2D eigenvalue weighted by atomic mass is 32.1. The molecule has 4 aliphatic rings. The Morgan fingerprint density at radius 1 is 0.904 bits per heavy atom. The number of primary amides is 1. The van der Waals surface area contributed by atoms with E-state index in [1.165, 1.54) is 9.80 Å². The third kappa shape index (κ3) is 15.0. The predicted molar refractivity (Wildman–Crippen MR) is 300 cm³/mol. The number of rotatable bonds is 23. The Balaban J connectivity index is 0.814. The van der Waals surface area contributed by atoms with Crippen molar-refractivity contribution in [1.29, 1.82) is 0 Å². The molecule has 9 N–H and O–H groups in total. The van der Waals surface area contributed by atoms with Crippen LogP contribution in [0.1, 0.15) is 145 Å². The Hall–Kier alpha value is -7.49. The number of carbonyl (C=O) groups excluding carboxylic acids is 9. The number of aromatic nitrogens is 1. The van der Waals surface area contributed by atoms with Crippen LogP contribution in [0.5, 0.6) is 0 Å². The van der Waals surface area contributed by atoms with Gasteiger partial charge in [-0.15, -0.1) is 11.3 Å². The van der Waals surface area contributed by atoms with Crippen LogP contribution in [0.3, 0.4) is 0 Å². The van der Waals surface area contributed by atoms with Gasteiger partial charge in [0.1, 0.15) is 30.2 Å². The zero-order valence-electron chi connectivity index (χ0n) is 45.7. The zero-order chi connectivity index (χ0) is 59.6. The molecule has 9 amide bonds. The molecule has 442 valence electrons. The fraction of sp³-hybridized carbons (Fsp3) is 0.474. The molecule has 8 rings (SSSR count). The second-order valence-electron chi connectivity index (χ2n) is 21.3. The fourth-order valence-electron chi connectivity index (χ4n) is 10.9. The summed E-state index contributed by atoms with van der Waals surface area (Å²) in [7, 11) is -4.13. The van der Waals surface area contributed by atoms with Crippen LogP contribution in [0.4, 0.5) is 8.78 Å². The highest BCUT2D eigenvalue weighted by molar-refractivity contribution is 7.52. The molecular weight excluding hydrogens is 1120 g/mol. The lowest BCUT2D eigenvalue weighted by Gasteiger charge is -2.37. The van der Waals surface area contributed by atoms with Crippen molar-refractivity contribution >= 4 is 82.3 Å². The average Bonchev–Trinajstić information content (AvgIpc) is 3.46. The second kappa shape index (κ2) is 27.3. The van der Waals surface area contributed by atoms with Gasteiger partial charge in [-0.3, -0.25) is 53.0 Å². The summed E-state index contributed by atoms with van der Waals surface area (Å²) >= 11 is 0.812. The SMILES string of the molecule is CN1CC[C@H]2CC[C@@H](C(=O)N[C@@H](CCC(N)=O)C(=O)N[C@H](C(=O)NCCCCCCCCCC#Cc3cccc4c3CN(C3CCC(=O)NC3=O)C4=O)c3ccccc3)N2C(=O)[C@@H](NC(=O)c2nc3cc(C(F)(F)P(=O)(O)O)ccc3s2)C1. The highest BCUT2D eigenvalue weighted by Gasteiger charge is 2.51. The third-order valence-corrected chi connectivity index (χ3v) is 17.4. The number of unbranched alkanes of at least 4 members (excludes halogenated alkanes) is 7. The van der Waals surface area contributed by atoms with E-state index in [1.807, 2.05) is 11.0 Å². The van der Waals surface area contributed by atoms with Gasteiger partial charge >= 0.3 is 13.3 Å². The predicted octanol–water partition coefficient (Wildman–Crippen LogP) is 3.97. The highest BCUT2D eigenvalue weighted by Crippen LogP contribution is 2.59. The molecule has 1 unspecified atom stereocenters. The van der Waals surface area contributed by atoms with Gasteiger partial charge in [0, 0.05) is 61.6 Å². The number of benzene rings is 3. The van der Waals surface area contributed by atoms with E-state index in [1.54, 1.807) is 49.5 Å². The van der Waals surface area contributed by atoms with Gasteiger partial charge in [-0.1, -0.05) is 86.4 Å². The Kier molecular flexibility index (Phi) is 20.2. The van der Waals surface area contributed by atoms with Crippen LogP contribution in [0.2, 0.25) is 0 Å². The summed E-state index contributed by atoms with van der Waals surface area (Å²) in [5.74, 6) is 1.24. The number of halogens is 2. The van der Waals surface area contributed by atoms with Crippen molar-refractivity contribution in [3.63, 3.8) is 0 Å². The first-order valence-corrected chi connectivity index (χ1v) is 30.2. The zero-order valence-corrected chi connectivity index (χ0v) is 47.4. The molecule has 0 aliphatic carbocycles. The molecule has 3 saturated heterocycles. The molecule has 3 aromatic carbocycles. The van der Waals surface area contributed by atoms with E-state index < -0.39 is 96.4 Å². The lowest BCUT2D eigenvalue weighted by Crippen LogP contribution is -2.61. The number of carbonyl (C=O) groups is 9. The largest absolute Gasteiger partial charge is 0.399 e. The summed E-state index contributed by atoms with van der Waals surface area (Å²) in [6.07, 6.45) is 7.95. The maximum atomic E-state index is 14.5. The van der Waals surface area contributed by atoms with E-state index in [-0.39, 0.29) is 72.2 Å². The lowest BCUT2D eigenvalue weighted by molar-refractivity contribution is -0.144. The van der Waals surface area contributed by atoms with E-state index in [9.17, 15) is 66.3 Å². The van der Waals surface area contributed by atoms with Gasteiger partial charge < -0.3 is 51.5 Å². The van der Waals surface area contributed by atoms with Crippen LogP contribution in [0, 0.1) is 11.8 Å². The van der Waals surface area contributed by atoms with Crippen molar-refractivity contribution < 1.29 is 66.3 Å². The number of amides is 9. The molecule has 4 aromatic rings. The van der Waals surface area contributed by atoms with Crippen LogP contribution in [0.25, 0.3) is 10.2 Å². The number of nitrogens with zero attached hydrogens (tertiary/aromatic N) is 4. The summed E-state index contributed by atoms with van der Waals surface area (Å²) in [6.45, 7) is 1.07. The minimum atomic E-state index is -5.89. The monoisotopic (exact) mass is 1180 g/mol. The van der Waals surface area contributed by atoms with Crippen molar-refractivity contribution in [2.24, 2.45) is 5.73 Å². The number of imide groups is 1. The van der Waals surface area contributed by atoms with Gasteiger partial charge in [-0.25, -0.2) is 4.98 Å². The lowest BCUT2D eigenvalue weighted by atomic mass is 10.0. The van der Waals surface area contributed by atoms with Crippen LogP contribution >= 0.6 is 18.9 Å². The molecule has 4 aliphatic heterocycles. The van der Waals surface area contributed by atoms with Crippen LogP contribution < -0.4 is 32.3 Å². The van der Waals surface area contributed by atoms with Crippen LogP contribution in [0.15, 0.2) is 66.7 Å². The standard InChI is InChI=1S/C57H67F2N10O12PS/c1-67-30-28-37-21-23-44(69(37)56(78)42(33-67)63-53(76)54-64-41-31-36(20-25-45(41)83-54)57(58,59)82(79,80)81)51(74)62-40(22-26-46(60)70)49(72)66-48(35-16-11-9-12-17-35)52(75)61-29-13-8-6-4-2-3-5-7-10-15-34-18-14-19-38-39(34)32-68(55(38)77)43-24-27-47(71)65-50(43)73/h9,11-12,14,16-20,25,31,37,40,42-44,48H,2-8,13,21-24,26-30,32-33H2,1H3,(H2,60,70)(H,61,75)(H,62,74)(H,63,76)(H,66,72)(H,65,71,73)(H2,79,80,81)/t37-,40+,42+,43?,44+,48+/m1/s1. The van der Waals surface area contributed by atoms with Crippen LogP contribution in [-0.2, 0) is 50.3 Å². The molecule has 3 fully saturated rings. The van der Waals surface area contributed by atoms with Gasteiger partial charge in [0.2, 0.25) is 41.4 Å². The van der Waals surface area contributed by atoms with E-state index >= 15 is 0 Å². The molecule has 22 nitrogen and oxygen atoms in total. The van der Waals surface area contributed by atoms with E-state index in [4.69, 9.17) is 5.73 Å². The summed E-state index contributed by atoms with van der Waals surface area (Å²) in [5.41, 5.74) is 2.40. The number of thiazole rings is 1. The number of alkyl halides is 2. The van der Waals surface area contributed by atoms with Crippen molar-refractivity contribution in [3.05, 3.63) is 99.6 Å². The van der Waals surface area contributed by atoms with Gasteiger partial charge in [-0.2, -0.15) is 8.78 Å². The van der Waals surface area contributed by atoms with Gasteiger partial charge in [0.25, 0.3) is 11.8 Å². The number of fused-ring (bicyclic) bond motifs is 3. The molecule has 0 radical (unpaired) electrons. The maximum absolute atomic E-state index is 14.5. The van der Waals surface area contributed by atoms with Crippen molar-refractivity contribution in [2.75, 3.05) is 26.7 Å². The molecular formula is C57H67F2N10O12PS. The summed E-state index contributed by atoms with van der Waals surface area (Å²) < 4.78 is 40.8. The molecule has 0 bridgehead atoms. The Morgan fingerprint density at radius 3 is 2.36 bits per heavy atom. The third-order valence-electron chi connectivity index (χ3n) is 15.4. The summed E-state index contributed by atoms with van der Waals surface area (Å²) in [4.78, 5) is 147. The number of likely N-dealkylation sites (N-methyl/N-ethyl adjacent to an activating group) is 1. The molecule has 1 aromatic heterocycles. The van der Waals surface area contributed by atoms with E-state index in [0.29, 0.717) is 49.9 Å². The maximum Gasteiger partial charge on any atom is 0.399 e. The van der Waals surface area contributed by atoms with E-state index in [0.717, 1.165) is 79.2 Å². The molecule has 6 atom stereocenters. The quantitative estimate of drug-likeness (QED) is 0.0226. The number of hydrogen-bond donors (Lipinski definition) is 8. The molecule has 0 spiro atoms. The smallest absolute Gasteiger partial charge is 0.370 e. The van der Waals surface area contributed by atoms with Gasteiger partial charge in [-0.05, 0) is 93.9 Å². The first kappa shape index (κ1) is 61.6. The normalized spacial score (nSPS) is 20.0. The molecule has 83 heavy (non-hydrogen) atoms. The molecule has 5 heterocycles.